The number of carbonyl (C=O) groups is 3. The van der Waals surface area contributed by atoms with E-state index in [1.54, 1.807) is 4.90 Å². The van der Waals surface area contributed by atoms with Crippen LogP contribution in [-0.4, -0.2) is 60.2 Å². The number of rotatable bonds is 5. The molecule has 1 aliphatic carbocycles. The van der Waals surface area contributed by atoms with E-state index in [1.165, 1.54) is 18.4 Å². The molecule has 5 rings (SSSR count). The minimum Gasteiger partial charge on any atom is -0.322 e. The summed E-state index contributed by atoms with van der Waals surface area (Å²) in [5, 5.41) is 5.72. The van der Waals surface area contributed by atoms with E-state index in [4.69, 9.17) is 0 Å². The van der Waals surface area contributed by atoms with Crippen molar-refractivity contribution in [3.8, 4) is 0 Å². The lowest BCUT2D eigenvalue weighted by molar-refractivity contribution is -0.136. The molecule has 3 aliphatic heterocycles. The van der Waals surface area contributed by atoms with Crippen molar-refractivity contribution >= 4 is 17.7 Å². The Hall–Kier alpha value is -2.25. The summed E-state index contributed by atoms with van der Waals surface area (Å²) in [6, 6.07) is 5.38. The molecular formula is C22H28N4O3. The van der Waals surface area contributed by atoms with Crippen LogP contribution in [-0.2, 0) is 22.7 Å². The summed E-state index contributed by atoms with van der Waals surface area (Å²) < 4.78 is 0. The van der Waals surface area contributed by atoms with E-state index < -0.39 is 6.04 Å². The van der Waals surface area contributed by atoms with E-state index in [0.29, 0.717) is 29.9 Å². The van der Waals surface area contributed by atoms with Crippen molar-refractivity contribution in [3.05, 3.63) is 34.9 Å². The predicted octanol–water partition coefficient (Wildman–Crippen LogP) is 0.879. The van der Waals surface area contributed by atoms with Gasteiger partial charge in [-0.25, -0.2) is 0 Å². The Kier molecular flexibility index (Phi) is 4.47. The van der Waals surface area contributed by atoms with Crippen LogP contribution in [0.2, 0.25) is 0 Å². The Morgan fingerprint density at radius 3 is 2.79 bits per heavy atom. The fourth-order valence-electron chi connectivity index (χ4n) is 5.56. The lowest BCUT2D eigenvalue weighted by Gasteiger charge is -2.29. The zero-order chi connectivity index (χ0) is 20.2. The minimum atomic E-state index is -0.554. The Morgan fingerprint density at radius 1 is 1.24 bits per heavy atom. The Morgan fingerprint density at radius 2 is 2.07 bits per heavy atom. The molecule has 3 fully saturated rings. The predicted molar refractivity (Wildman–Crippen MR) is 107 cm³/mol. The summed E-state index contributed by atoms with van der Waals surface area (Å²) in [4.78, 5) is 40.9. The SMILES string of the molecule is CNCC1CN(Cc2cccc3c2CN(C2CCC(=O)NC2=O)C3=O)CC12CC2. The Balaban J connectivity index is 1.34. The average Bonchev–Trinajstić information content (AvgIpc) is 3.28. The summed E-state index contributed by atoms with van der Waals surface area (Å²) >= 11 is 0. The van der Waals surface area contributed by atoms with Gasteiger partial charge in [0.05, 0.1) is 0 Å². The molecule has 0 radical (unpaired) electrons. The minimum absolute atomic E-state index is 0.0931. The molecule has 0 bridgehead atoms. The molecule has 2 saturated heterocycles. The topological polar surface area (TPSA) is 81.8 Å². The van der Waals surface area contributed by atoms with Crippen LogP contribution in [0.1, 0.15) is 47.2 Å². The van der Waals surface area contributed by atoms with Gasteiger partial charge in [-0.05, 0) is 61.4 Å². The third-order valence-electron chi connectivity index (χ3n) is 7.30. The van der Waals surface area contributed by atoms with Gasteiger partial charge in [-0.1, -0.05) is 12.1 Å². The van der Waals surface area contributed by atoms with E-state index in [-0.39, 0.29) is 24.1 Å². The van der Waals surface area contributed by atoms with Crippen molar-refractivity contribution in [2.45, 2.75) is 44.8 Å². The molecule has 29 heavy (non-hydrogen) atoms. The second-order valence-electron chi connectivity index (χ2n) is 9.13. The number of nitrogens with zero attached hydrogens (tertiary/aromatic N) is 2. The summed E-state index contributed by atoms with van der Waals surface area (Å²) in [5.41, 5.74) is 3.44. The van der Waals surface area contributed by atoms with Gasteiger partial charge < -0.3 is 10.2 Å². The molecular weight excluding hydrogens is 368 g/mol. The number of piperidine rings is 1. The van der Waals surface area contributed by atoms with Gasteiger partial charge in [-0.2, -0.15) is 0 Å². The number of likely N-dealkylation sites (tertiary alicyclic amines) is 1. The maximum absolute atomic E-state index is 13.0. The first kappa shape index (κ1) is 18.8. The van der Waals surface area contributed by atoms with Crippen LogP contribution < -0.4 is 10.6 Å². The standard InChI is InChI=1S/C22H28N4O3/c1-23-9-15-11-25(13-22(15)7-8-22)10-14-3-2-4-16-17(14)12-26(21(16)29)18-5-6-19(27)24-20(18)28/h2-4,15,18,23H,5-13H2,1H3,(H,24,27,28). The molecule has 1 aromatic carbocycles. The van der Waals surface area contributed by atoms with Gasteiger partial charge in [0.2, 0.25) is 11.8 Å². The van der Waals surface area contributed by atoms with Crippen LogP contribution in [0.25, 0.3) is 0 Å². The maximum atomic E-state index is 13.0. The number of amides is 3. The molecule has 2 N–H and O–H groups in total. The van der Waals surface area contributed by atoms with Gasteiger partial charge in [0.15, 0.2) is 0 Å². The smallest absolute Gasteiger partial charge is 0.255 e. The van der Waals surface area contributed by atoms with Gasteiger partial charge in [0, 0.05) is 38.2 Å². The van der Waals surface area contributed by atoms with E-state index in [2.05, 4.69) is 21.6 Å². The number of imide groups is 1. The third kappa shape index (κ3) is 3.16. The number of hydrogen-bond acceptors (Lipinski definition) is 5. The quantitative estimate of drug-likeness (QED) is 0.722. The molecule has 1 spiro atoms. The highest BCUT2D eigenvalue weighted by Crippen LogP contribution is 2.56. The number of fused-ring (bicyclic) bond motifs is 1. The van der Waals surface area contributed by atoms with Crippen molar-refractivity contribution in [1.29, 1.82) is 0 Å². The molecule has 2 unspecified atom stereocenters. The highest BCUT2D eigenvalue weighted by Gasteiger charge is 2.54. The molecule has 4 aliphatic rings. The van der Waals surface area contributed by atoms with E-state index in [1.807, 2.05) is 19.2 Å². The summed E-state index contributed by atoms with van der Waals surface area (Å²) in [7, 11) is 2.03. The maximum Gasteiger partial charge on any atom is 0.255 e. The first-order valence-electron chi connectivity index (χ1n) is 10.6. The monoisotopic (exact) mass is 396 g/mol. The molecule has 1 aromatic rings. The number of carbonyl (C=O) groups excluding carboxylic acids is 3. The largest absolute Gasteiger partial charge is 0.322 e. The molecule has 2 atom stereocenters. The zero-order valence-corrected chi connectivity index (χ0v) is 16.9. The van der Waals surface area contributed by atoms with Crippen molar-refractivity contribution in [2.24, 2.45) is 11.3 Å². The van der Waals surface area contributed by atoms with Crippen molar-refractivity contribution in [2.75, 3.05) is 26.7 Å². The molecule has 7 nitrogen and oxygen atoms in total. The molecule has 3 heterocycles. The van der Waals surface area contributed by atoms with Gasteiger partial charge in [0.25, 0.3) is 5.91 Å². The second kappa shape index (κ2) is 6.92. The van der Waals surface area contributed by atoms with E-state index >= 15 is 0 Å². The van der Waals surface area contributed by atoms with Gasteiger partial charge in [-0.15, -0.1) is 0 Å². The summed E-state index contributed by atoms with van der Waals surface area (Å²) in [6.45, 7) is 4.59. The van der Waals surface area contributed by atoms with Crippen LogP contribution in [0, 0.1) is 11.3 Å². The lowest BCUT2D eigenvalue weighted by atomic mass is 9.93. The van der Waals surface area contributed by atoms with Crippen molar-refractivity contribution in [1.82, 2.24) is 20.4 Å². The average molecular weight is 396 g/mol. The van der Waals surface area contributed by atoms with E-state index in [9.17, 15) is 14.4 Å². The Labute approximate surface area is 170 Å². The molecule has 1 saturated carbocycles. The first-order chi connectivity index (χ1) is 14.0. The summed E-state index contributed by atoms with van der Waals surface area (Å²) in [5.74, 6) is -0.000279. The highest BCUT2D eigenvalue weighted by molar-refractivity contribution is 6.05. The van der Waals surface area contributed by atoms with Gasteiger partial charge in [0.1, 0.15) is 6.04 Å². The molecule has 0 aromatic heterocycles. The molecule has 3 amide bonds. The van der Waals surface area contributed by atoms with Crippen molar-refractivity contribution < 1.29 is 14.4 Å². The van der Waals surface area contributed by atoms with Crippen molar-refractivity contribution in [3.63, 3.8) is 0 Å². The second-order valence-corrected chi connectivity index (χ2v) is 9.13. The zero-order valence-electron chi connectivity index (χ0n) is 16.9. The number of nitrogens with one attached hydrogen (secondary N) is 2. The van der Waals surface area contributed by atoms with Crippen LogP contribution >= 0.6 is 0 Å². The van der Waals surface area contributed by atoms with Gasteiger partial charge in [-0.3, -0.25) is 24.6 Å². The Bertz CT molecular complexity index is 879. The normalized spacial score (nSPS) is 28.2. The van der Waals surface area contributed by atoms with Crippen LogP contribution in [0.4, 0.5) is 0 Å². The molecule has 154 valence electrons. The van der Waals surface area contributed by atoms with Crippen LogP contribution in [0.15, 0.2) is 18.2 Å². The molecule has 7 heteroatoms. The van der Waals surface area contributed by atoms with Crippen LogP contribution in [0.3, 0.4) is 0 Å². The fourth-order valence-corrected chi connectivity index (χ4v) is 5.56. The van der Waals surface area contributed by atoms with Gasteiger partial charge >= 0.3 is 0 Å². The first-order valence-corrected chi connectivity index (χ1v) is 10.6. The van der Waals surface area contributed by atoms with E-state index in [0.717, 1.165) is 31.7 Å². The fraction of sp³-hybridized carbons (Fsp3) is 0.591. The number of benzene rings is 1. The third-order valence-corrected chi connectivity index (χ3v) is 7.30. The number of hydrogen-bond donors (Lipinski definition) is 2. The summed E-state index contributed by atoms with van der Waals surface area (Å²) in [6.07, 6.45) is 3.33. The van der Waals surface area contributed by atoms with Crippen LogP contribution in [0.5, 0.6) is 0 Å². The lowest BCUT2D eigenvalue weighted by Crippen LogP contribution is -2.52. The highest BCUT2D eigenvalue weighted by atomic mass is 16.2.